The van der Waals surface area contributed by atoms with Crippen molar-refractivity contribution in [2.75, 3.05) is 0 Å². The van der Waals surface area contributed by atoms with Crippen LogP contribution in [0.15, 0.2) is 42.1 Å². The fourth-order valence-electron chi connectivity index (χ4n) is 2.01. The van der Waals surface area contributed by atoms with Crippen LogP contribution < -0.4 is 0 Å². The average Bonchev–Trinajstić information content (AvgIpc) is 3.02. The molecule has 3 rings (SSSR count). The van der Waals surface area contributed by atoms with Gasteiger partial charge in [0.2, 0.25) is 0 Å². The Morgan fingerprint density at radius 2 is 2.20 bits per heavy atom. The highest BCUT2D eigenvalue weighted by Gasteiger charge is 2.10. The maximum atomic E-state index is 4.56. The summed E-state index contributed by atoms with van der Waals surface area (Å²) in [4.78, 5) is 7.87. The molecular formula is C14H15N5S. The van der Waals surface area contributed by atoms with Gasteiger partial charge in [-0.1, -0.05) is 30.0 Å². The van der Waals surface area contributed by atoms with Gasteiger partial charge in [0.1, 0.15) is 11.6 Å². The number of benzene rings is 1. The zero-order valence-corrected chi connectivity index (χ0v) is 12.0. The summed E-state index contributed by atoms with van der Waals surface area (Å²) in [6, 6.07) is 8.02. The molecule has 3 aromatic rings. The number of imidazole rings is 1. The first-order valence-corrected chi connectivity index (χ1v) is 7.33. The Labute approximate surface area is 121 Å². The molecule has 102 valence electrons. The molecule has 0 saturated carbocycles. The van der Waals surface area contributed by atoms with Gasteiger partial charge < -0.3 is 9.55 Å². The lowest BCUT2D eigenvalue weighted by atomic mass is 10.3. The van der Waals surface area contributed by atoms with Crippen molar-refractivity contribution < 1.29 is 0 Å². The van der Waals surface area contributed by atoms with Crippen molar-refractivity contribution in [1.29, 1.82) is 0 Å². The molecule has 0 aliphatic heterocycles. The van der Waals surface area contributed by atoms with Gasteiger partial charge in [0.25, 0.3) is 0 Å². The van der Waals surface area contributed by atoms with E-state index in [1.165, 1.54) is 0 Å². The second-order valence-electron chi connectivity index (χ2n) is 4.42. The summed E-state index contributed by atoms with van der Waals surface area (Å²) >= 11 is 1.62. The number of para-hydroxylation sites is 2. The molecule has 0 radical (unpaired) electrons. The zero-order chi connectivity index (χ0) is 13.9. The molecule has 5 nitrogen and oxygen atoms in total. The Morgan fingerprint density at radius 1 is 1.35 bits per heavy atom. The number of hydrogen-bond donors (Lipinski definition) is 1. The molecule has 0 aliphatic carbocycles. The van der Waals surface area contributed by atoms with Crippen LogP contribution in [0.1, 0.15) is 11.6 Å². The first kappa shape index (κ1) is 12.9. The molecule has 0 amide bonds. The monoisotopic (exact) mass is 285 g/mol. The van der Waals surface area contributed by atoms with Gasteiger partial charge in [0.05, 0.1) is 16.8 Å². The van der Waals surface area contributed by atoms with Crippen LogP contribution in [0.5, 0.6) is 0 Å². The molecule has 1 aromatic carbocycles. The summed E-state index contributed by atoms with van der Waals surface area (Å²) in [6.07, 6.45) is 1.85. The van der Waals surface area contributed by atoms with E-state index in [2.05, 4.69) is 26.7 Å². The van der Waals surface area contributed by atoms with E-state index in [4.69, 9.17) is 0 Å². The zero-order valence-electron chi connectivity index (χ0n) is 11.2. The Kier molecular flexibility index (Phi) is 3.56. The molecule has 0 atom stereocenters. The molecule has 20 heavy (non-hydrogen) atoms. The van der Waals surface area contributed by atoms with Gasteiger partial charge in [-0.05, 0) is 19.1 Å². The van der Waals surface area contributed by atoms with E-state index in [9.17, 15) is 0 Å². The van der Waals surface area contributed by atoms with Crippen molar-refractivity contribution in [3.05, 3.63) is 48.6 Å². The highest BCUT2D eigenvalue weighted by Crippen LogP contribution is 2.22. The fraction of sp³-hybridized carbons (Fsp3) is 0.214. The lowest BCUT2D eigenvalue weighted by molar-refractivity contribution is 0.703. The molecule has 0 unspecified atom stereocenters. The largest absolute Gasteiger partial charge is 0.341 e. The number of thioether (sulfide) groups is 1. The highest BCUT2D eigenvalue weighted by atomic mass is 32.2. The third kappa shape index (κ3) is 2.46. The first-order valence-electron chi connectivity index (χ1n) is 6.35. The molecule has 1 N–H and O–H groups in total. The van der Waals surface area contributed by atoms with Crippen LogP contribution in [0.2, 0.25) is 0 Å². The van der Waals surface area contributed by atoms with Gasteiger partial charge in [-0.15, -0.1) is 16.8 Å². The Hall–Kier alpha value is -2.08. The Bertz CT molecular complexity index is 710. The number of allylic oxidation sites excluding steroid dienone is 1. The van der Waals surface area contributed by atoms with E-state index in [1.807, 2.05) is 41.8 Å². The quantitative estimate of drug-likeness (QED) is 0.578. The number of nitrogens with one attached hydrogen (secondary N) is 1. The molecule has 0 saturated heterocycles. The predicted molar refractivity (Wildman–Crippen MR) is 80.6 cm³/mol. The van der Waals surface area contributed by atoms with Crippen molar-refractivity contribution in [3.8, 4) is 0 Å². The van der Waals surface area contributed by atoms with Crippen LogP contribution in [0.25, 0.3) is 11.0 Å². The molecular weight excluding hydrogens is 270 g/mol. The summed E-state index contributed by atoms with van der Waals surface area (Å²) in [5, 5.41) is 9.19. The van der Waals surface area contributed by atoms with Crippen molar-refractivity contribution in [2.24, 2.45) is 0 Å². The van der Waals surface area contributed by atoms with Crippen LogP contribution >= 0.6 is 11.8 Å². The number of H-pyrrole nitrogens is 1. The van der Waals surface area contributed by atoms with Gasteiger partial charge >= 0.3 is 0 Å². The molecule has 0 bridgehead atoms. The standard InChI is InChI=1S/C14H15N5S/c1-3-8-19-10(2)17-18-14(19)20-9-13-15-11-6-4-5-7-12(11)16-13/h3-7H,1,8-9H2,2H3,(H,15,16). The van der Waals surface area contributed by atoms with E-state index in [-0.39, 0.29) is 0 Å². The van der Waals surface area contributed by atoms with Crippen molar-refractivity contribution in [2.45, 2.75) is 24.4 Å². The van der Waals surface area contributed by atoms with E-state index in [0.717, 1.165) is 40.1 Å². The number of hydrogen-bond acceptors (Lipinski definition) is 4. The maximum absolute atomic E-state index is 4.56. The minimum Gasteiger partial charge on any atom is -0.341 e. The second kappa shape index (κ2) is 5.50. The van der Waals surface area contributed by atoms with Gasteiger partial charge in [-0.2, -0.15) is 0 Å². The van der Waals surface area contributed by atoms with E-state index >= 15 is 0 Å². The number of nitrogens with zero attached hydrogens (tertiary/aromatic N) is 4. The van der Waals surface area contributed by atoms with Gasteiger partial charge in [0.15, 0.2) is 5.16 Å². The summed E-state index contributed by atoms with van der Waals surface area (Å²) in [5.41, 5.74) is 2.05. The predicted octanol–water partition coefficient (Wildman–Crippen LogP) is 2.94. The van der Waals surface area contributed by atoms with Crippen molar-refractivity contribution in [3.63, 3.8) is 0 Å². The van der Waals surface area contributed by atoms with Crippen molar-refractivity contribution in [1.82, 2.24) is 24.7 Å². The Balaban J connectivity index is 1.77. The van der Waals surface area contributed by atoms with Gasteiger partial charge in [-0.25, -0.2) is 4.98 Å². The maximum Gasteiger partial charge on any atom is 0.191 e. The molecule has 0 spiro atoms. The summed E-state index contributed by atoms with van der Waals surface area (Å²) < 4.78 is 2.04. The average molecular weight is 285 g/mol. The van der Waals surface area contributed by atoms with Gasteiger partial charge in [0, 0.05) is 6.54 Å². The lowest BCUT2D eigenvalue weighted by Gasteiger charge is -2.03. The number of aryl methyl sites for hydroxylation is 1. The van der Waals surface area contributed by atoms with E-state index in [1.54, 1.807) is 11.8 Å². The molecule has 0 fully saturated rings. The van der Waals surface area contributed by atoms with Crippen LogP contribution in [0.3, 0.4) is 0 Å². The fourth-order valence-corrected chi connectivity index (χ4v) is 2.88. The number of rotatable bonds is 5. The van der Waals surface area contributed by atoms with Crippen LogP contribution in [0.4, 0.5) is 0 Å². The van der Waals surface area contributed by atoms with E-state index in [0.29, 0.717) is 0 Å². The number of fused-ring (bicyclic) bond motifs is 1. The molecule has 2 aromatic heterocycles. The normalized spacial score (nSPS) is 11.1. The van der Waals surface area contributed by atoms with Gasteiger partial charge in [-0.3, -0.25) is 0 Å². The topological polar surface area (TPSA) is 59.4 Å². The minimum atomic E-state index is 0.724. The van der Waals surface area contributed by atoms with E-state index < -0.39 is 0 Å². The summed E-state index contributed by atoms with van der Waals surface area (Å²) in [7, 11) is 0. The third-order valence-corrected chi connectivity index (χ3v) is 3.97. The number of aromatic nitrogens is 5. The van der Waals surface area contributed by atoms with Crippen molar-refractivity contribution >= 4 is 22.8 Å². The smallest absolute Gasteiger partial charge is 0.191 e. The number of aromatic amines is 1. The first-order chi connectivity index (χ1) is 9.78. The van der Waals surface area contributed by atoms with Crippen LogP contribution in [-0.2, 0) is 12.3 Å². The molecule has 0 aliphatic rings. The van der Waals surface area contributed by atoms with Crippen LogP contribution in [-0.4, -0.2) is 24.7 Å². The third-order valence-electron chi connectivity index (χ3n) is 2.99. The second-order valence-corrected chi connectivity index (χ2v) is 5.36. The molecule has 2 heterocycles. The van der Waals surface area contributed by atoms with Crippen LogP contribution in [0, 0.1) is 6.92 Å². The Morgan fingerprint density at radius 3 is 3.00 bits per heavy atom. The lowest BCUT2D eigenvalue weighted by Crippen LogP contribution is -2.00. The highest BCUT2D eigenvalue weighted by molar-refractivity contribution is 7.98. The molecule has 6 heteroatoms. The summed E-state index contributed by atoms with van der Waals surface area (Å²) in [5.74, 6) is 2.59. The summed E-state index contributed by atoms with van der Waals surface area (Å²) in [6.45, 7) is 6.43. The SMILES string of the molecule is C=CCn1c(C)nnc1SCc1nc2ccccc2[nH]1. The minimum absolute atomic E-state index is 0.724.